The van der Waals surface area contributed by atoms with E-state index >= 15 is 0 Å². The fraction of sp³-hybridized carbons (Fsp3) is 0.250. The van der Waals surface area contributed by atoms with Gasteiger partial charge in [-0.2, -0.15) is 0 Å². The molecule has 0 saturated carbocycles. The van der Waals surface area contributed by atoms with Gasteiger partial charge in [-0.1, -0.05) is 42.8 Å². The molecule has 0 aliphatic carbocycles. The second-order valence-corrected chi connectivity index (χ2v) is 7.32. The van der Waals surface area contributed by atoms with Crippen LogP contribution in [-0.4, -0.2) is 5.11 Å². The molecule has 2 aromatic carbocycles. The van der Waals surface area contributed by atoms with Gasteiger partial charge in [0.05, 0.1) is 4.47 Å². The third kappa shape index (κ3) is 3.55. The Morgan fingerprint density at radius 3 is 2.05 bits per heavy atom. The molecule has 20 heavy (non-hydrogen) atoms. The van der Waals surface area contributed by atoms with Gasteiger partial charge in [-0.05, 0) is 51.2 Å². The van der Waals surface area contributed by atoms with Crippen LogP contribution in [0.25, 0.3) is 0 Å². The van der Waals surface area contributed by atoms with Crippen molar-refractivity contribution in [1.29, 1.82) is 0 Å². The molecule has 0 unspecified atom stereocenters. The van der Waals surface area contributed by atoms with Crippen LogP contribution in [0.5, 0.6) is 17.2 Å². The Balaban J connectivity index is 2.26. The second kappa shape index (κ2) is 5.78. The molecule has 0 radical (unpaired) electrons. The third-order valence-corrected chi connectivity index (χ3v) is 4.23. The highest BCUT2D eigenvalue weighted by Gasteiger charge is 2.17. The first-order valence-electron chi connectivity index (χ1n) is 6.24. The Kier molecular flexibility index (Phi) is 4.45. The summed E-state index contributed by atoms with van der Waals surface area (Å²) in [5, 5.41) is 9.65. The van der Waals surface area contributed by atoms with Crippen LogP contribution < -0.4 is 4.74 Å². The summed E-state index contributed by atoms with van der Waals surface area (Å²) >= 11 is 6.83. The van der Waals surface area contributed by atoms with Crippen LogP contribution in [0.2, 0.25) is 0 Å². The molecule has 0 atom stereocenters. The number of benzene rings is 2. The van der Waals surface area contributed by atoms with Crippen LogP contribution in [0, 0.1) is 0 Å². The van der Waals surface area contributed by atoms with Gasteiger partial charge in [-0.15, -0.1) is 0 Å². The average Bonchev–Trinajstić information content (AvgIpc) is 2.32. The molecule has 0 saturated heterocycles. The van der Waals surface area contributed by atoms with E-state index in [-0.39, 0.29) is 11.2 Å². The van der Waals surface area contributed by atoms with E-state index in [1.807, 2.05) is 12.1 Å². The van der Waals surface area contributed by atoms with Crippen LogP contribution in [0.3, 0.4) is 0 Å². The van der Waals surface area contributed by atoms with E-state index in [0.29, 0.717) is 10.2 Å². The number of hydrogen-bond donors (Lipinski definition) is 1. The van der Waals surface area contributed by atoms with Crippen LogP contribution in [0.15, 0.2) is 45.3 Å². The highest BCUT2D eigenvalue weighted by molar-refractivity contribution is 9.10. The van der Waals surface area contributed by atoms with E-state index in [0.717, 1.165) is 10.2 Å². The van der Waals surface area contributed by atoms with Crippen molar-refractivity contribution >= 4 is 31.9 Å². The number of phenolic OH excluding ortho intramolecular Hbond substituents is 1. The lowest BCUT2D eigenvalue weighted by Gasteiger charge is -2.21. The number of ether oxygens (including phenoxy) is 1. The maximum atomic E-state index is 9.65. The Labute approximate surface area is 136 Å². The first-order chi connectivity index (χ1) is 9.27. The van der Waals surface area contributed by atoms with E-state index in [4.69, 9.17) is 4.74 Å². The van der Waals surface area contributed by atoms with E-state index in [9.17, 15) is 5.11 Å². The molecule has 0 aliphatic heterocycles. The van der Waals surface area contributed by atoms with Gasteiger partial charge in [0, 0.05) is 10.5 Å². The molecule has 0 heterocycles. The first kappa shape index (κ1) is 15.4. The van der Waals surface area contributed by atoms with Crippen molar-refractivity contribution in [2.45, 2.75) is 26.2 Å². The summed E-state index contributed by atoms with van der Waals surface area (Å²) in [6.07, 6.45) is 0. The van der Waals surface area contributed by atoms with Gasteiger partial charge in [-0.3, -0.25) is 0 Å². The van der Waals surface area contributed by atoms with E-state index in [1.54, 1.807) is 18.2 Å². The zero-order valence-corrected chi connectivity index (χ0v) is 14.7. The summed E-state index contributed by atoms with van der Waals surface area (Å²) in [5.41, 5.74) is 1.30. The lowest BCUT2D eigenvalue weighted by Crippen LogP contribution is -2.11. The van der Waals surface area contributed by atoms with Crippen LogP contribution in [0.4, 0.5) is 0 Å². The Morgan fingerprint density at radius 2 is 1.50 bits per heavy atom. The lowest BCUT2D eigenvalue weighted by molar-refractivity contribution is 0.452. The molecule has 0 amide bonds. The SMILES string of the molecule is CC(C)(C)c1ccc(Oc2ccc(Br)c(O)c2)cc1Br. The molecular weight excluding hydrogens is 384 g/mol. The van der Waals surface area contributed by atoms with Gasteiger partial charge in [-0.25, -0.2) is 0 Å². The van der Waals surface area contributed by atoms with Gasteiger partial charge < -0.3 is 9.84 Å². The fourth-order valence-corrected chi connectivity index (χ4v) is 3.06. The number of phenols is 1. The van der Waals surface area contributed by atoms with Crippen molar-refractivity contribution in [2.75, 3.05) is 0 Å². The summed E-state index contributed by atoms with van der Waals surface area (Å²) in [7, 11) is 0. The van der Waals surface area contributed by atoms with Gasteiger partial charge in [0.1, 0.15) is 17.2 Å². The molecule has 0 aliphatic rings. The van der Waals surface area contributed by atoms with Crippen molar-refractivity contribution in [3.8, 4) is 17.2 Å². The van der Waals surface area contributed by atoms with Crippen LogP contribution in [0.1, 0.15) is 26.3 Å². The highest BCUT2D eigenvalue weighted by Crippen LogP contribution is 2.35. The molecule has 2 nitrogen and oxygen atoms in total. The lowest BCUT2D eigenvalue weighted by atomic mass is 9.87. The topological polar surface area (TPSA) is 29.5 Å². The molecule has 2 aromatic rings. The monoisotopic (exact) mass is 398 g/mol. The number of aromatic hydroxyl groups is 1. The van der Waals surface area contributed by atoms with Gasteiger partial charge >= 0.3 is 0 Å². The zero-order chi connectivity index (χ0) is 14.9. The van der Waals surface area contributed by atoms with E-state index in [1.165, 1.54) is 5.56 Å². The van der Waals surface area contributed by atoms with Gasteiger partial charge in [0.25, 0.3) is 0 Å². The van der Waals surface area contributed by atoms with Gasteiger partial charge in [0.2, 0.25) is 0 Å². The quantitative estimate of drug-likeness (QED) is 0.670. The summed E-state index contributed by atoms with van der Waals surface area (Å²) in [5.74, 6) is 1.49. The predicted octanol–water partition coefficient (Wildman–Crippen LogP) is 6.01. The van der Waals surface area contributed by atoms with Crippen molar-refractivity contribution in [2.24, 2.45) is 0 Å². The summed E-state index contributed by atoms with van der Waals surface area (Å²) < 4.78 is 7.42. The molecule has 2 rings (SSSR count). The number of hydrogen-bond acceptors (Lipinski definition) is 2. The molecular formula is C16H16Br2O2. The highest BCUT2D eigenvalue weighted by atomic mass is 79.9. The molecule has 1 N–H and O–H groups in total. The summed E-state index contributed by atoms with van der Waals surface area (Å²) in [6, 6.07) is 11.1. The smallest absolute Gasteiger partial charge is 0.133 e. The second-order valence-electron chi connectivity index (χ2n) is 5.61. The van der Waals surface area contributed by atoms with Crippen molar-refractivity contribution in [3.05, 3.63) is 50.9 Å². The van der Waals surface area contributed by atoms with Crippen molar-refractivity contribution in [3.63, 3.8) is 0 Å². The minimum Gasteiger partial charge on any atom is -0.507 e. The van der Waals surface area contributed by atoms with Gasteiger partial charge in [0.15, 0.2) is 0 Å². The van der Waals surface area contributed by atoms with Crippen molar-refractivity contribution in [1.82, 2.24) is 0 Å². The fourth-order valence-electron chi connectivity index (χ4n) is 1.86. The molecule has 106 valence electrons. The Morgan fingerprint density at radius 1 is 0.900 bits per heavy atom. The molecule has 0 fully saturated rings. The normalized spacial score (nSPS) is 11.4. The predicted molar refractivity (Wildman–Crippen MR) is 88.7 cm³/mol. The Hall–Kier alpha value is -1.000. The first-order valence-corrected chi connectivity index (χ1v) is 7.82. The van der Waals surface area contributed by atoms with Crippen LogP contribution in [-0.2, 0) is 5.41 Å². The third-order valence-electron chi connectivity index (χ3n) is 2.90. The molecule has 0 aromatic heterocycles. The van der Waals surface area contributed by atoms with E-state index in [2.05, 4.69) is 58.7 Å². The summed E-state index contributed by atoms with van der Waals surface area (Å²) in [4.78, 5) is 0. The van der Waals surface area contributed by atoms with E-state index < -0.39 is 0 Å². The minimum absolute atomic E-state index is 0.0766. The molecule has 4 heteroatoms. The number of rotatable bonds is 2. The maximum absolute atomic E-state index is 9.65. The summed E-state index contributed by atoms with van der Waals surface area (Å²) in [6.45, 7) is 6.50. The minimum atomic E-state index is 0.0766. The standard InChI is InChI=1S/C16H16Br2O2/c1-16(2,3)12-6-4-10(8-14(12)18)20-11-5-7-13(17)15(19)9-11/h4-9,19H,1-3H3. The molecule has 0 spiro atoms. The Bertz CT molecular complexity index is 631. The van der Waals surface area contributed by atoms with Crippen molar-refractivity contribution < 1.29 is 9.84 Å². The maximum Gasteiger partial charge on any atom is 0.133 e. The largest absolute Gasteiger partial charge is 0.507 e. The average molecular weight is 400 g/mol. The van der Waals surface area contributed by atoms with Crippen LogP contribution >= 0.6 is 31.9 Å². The molecule has 0 bridgehead atoms. The number of halogens is 2. The zero-order valence-electron chi connectivity index (χ0n) is 11.6.